The molecule has 5 aliphatic rings. The van der Waals surface area contributed by atoms with Crippen molar-refractivity contribution in [2.45, 2.75) is 139 Å². The van der Waals surface area contributed by atoms with Gasteiger partial charge in [-0.3, -0.25) is 9.59 Å². The molecule has 0 spiro atoms. The molecule has 0 aliphatic heterocycles. The highest BCUT2D eigenvalue weighted by atomic mass is 16.5. The molecular formula is C33H52O3. The van der Waals surface area contributed by atoms with Crippen molar-refractivity contribution in [3.63, 3.8) is 0 Å². The van der Waals surface area contributed by atoms with Crippen molar-refractivity contribution in [1.29, 1.82) is 0 Å². The van der Waals surface area contributed by atoms with Crippen molar-refractivity contribution in [1.82, 2.24) is 0 Å². The lowest BCUT2D eigenvalue weighted by Gasteiger charge is -2.69. The van der Waals surface area contributed by atoms with Gasteiger partial charge in [0.2, 0.25) is 0 Å². The Balaban J connectivity index is 1.54. The molecule has 8 atom stereocenters. The molecule has 3 saturated carbocycles. The fraction of sp³-hybridized carbons (Fsp3) is 0.879. The first-order valence-electron chi connectivity index (χ1n) is 14.9. The van der Waals surface area contributed by atoms with E-state index in [0.29, 0.717) is 23.0 Å². The number of hydrogen-bond donors (Lipinski definition) is 0. The highest BCUT2D eigenvalue weighted by molar-refractivity contribution is 5.82. The van der Waals surface area contributed by atoms with Crippen LogP contribution in [0.2, 0.25) is 0 Å². The maximum atomic E-state index is 12.8. The van der Waals surface area contributed by atoms with Crippen LogP contribution in [-0.4, -0.2) is 17.9 Å². The molecule has 0 amide bonds. The third kappa shape index (κ3) is 3.35. The predicted octanol–water partition coefficient (Wildman–Crippen LogP) is 8.45. The zero-order chi connectivity index (χ0) is 26.5. The number of esters is 1. The van der Waals surface area contributed by atoms with Gasteiger partial charge in [0.1, 0.15) is 11.9 Å². The number of hydrogen-bond acceptors (Lipinski definition) is 3. The van der Waals surface area contributed by atoms with Gasteiger partial charge < -0.3 is 4.74 Å². The van der Waals surface area contributed by atoms with E-state index in [1.165, 1.54) is 44.9 Å². The molecule has 0 saturated heterocycles. The molecule has 0 unspecified atom stereocenters. The van der Waals surface area contributed by atoms with Crippen LogP contribution >= 0.6 is 0 Å². The number of ketones is 1. The monoisotopic (exact) mass is 496 g/mol. The summed E-state index contributed by atoms with van der Waals surface area (Å²) < 4.78 is 5.88. The number of carbonyl (C=O) groups excluding carboxylic acids is 2. The van der Waals surface area contributed by atoms with E-state index in [0.717, 1.165) is 25.7 Å². The average molecular weight is 497 g/mol. The first kappa shape index (κ1) is 26.5. The summed E-state index contributed by atoms with van der Waals surface area (Å²) in [5, 5.41) is 0. The topological polar surface area (TPSA) is 43.4 Å². The minimum absolute atomic E-state index is 0.00331. The van der Waals surface area contributed by atoms with Crippen LogP contribution in [0.3, 0.4) is 0 Å². The van der Waals surface area contributed by atoms with Crippen LogP contribution in [0.25, 0.3) is 0 Å². The Kier molecular flexibility index (Phi) is 5.85. The van der Waals surface area contributed by atoms with Crippen LogP contribution in [0.15, 0.2) is 11.1 Å². The number of carbonyl (C=O) groups is 2. The number of rotatable bonds is 2. The molecule has 5 aliphatic carbocycles. The molecule has 0 radical (unpaired) electrons. The Morgan fingerprint density at radius 1 is 0.750 bits per heavy atom. The van der Waals surface area contributed by atoms with E-state index >= 15 is 0 Å². The summed E-state index contributed by atoms with van der Waals surface area (Å²) in [6, 6.07) is 0. The Morgan fingerprint density at radius 3 is 2.06 bits per heavy atom. The highest BCUT2D eigenvalue weighted by Gasteiger charge is 2.66. The van der Waals surface area contributed by atoms with Crippen molar-refractivity contribution in [2.75, 3.05) is 0 Å². The number of fused-ring (bicyclic) bond motifs is 6. The number of allylic oxidation sites excluding steroid dienone is 2. The Bertz CT molecular complexity index is 1010. The summed E-state index contributed by atoms with van der Waals surface area (Å²) in [7, 11) is 0. The van der Waals surface area contributed by atoms with Crippen LogP contribution in [0.1, 0.15) is 133 Å². The zero-order valence-electron chi connectivity index (χ0n) is 24.7. The number of Topliss-reactive ketones (excluding diaryl/α,β-unsaturated/α-hetero) is 1. The van der Waals surface area contributed by atoms with Crippen molar-refractivity contribution >= 4 is 11.8 Å². The standard InChI is InChI=1S/C33H52O3/c1-21(34)30(6)17-16-29(5)18-19-32(8)24-10-11-25-28(3,4)27(36-22(2)35)13-14-31(25,7)23(24)12-15-33(32,9)26(29)20-30/h25-27H,10-20H2,1-9H3/t25-,26+,27-,29+,30+,31+,32+,33-/m0/s1. The molecule has 3 heteroatoms. The fourth-order valence-corrected chi connectivity index (χ4v) is 11.0. The fourth-order valence-electron chi connectivity index (χ4n) is 11.0. The molecule has 202 valence electrons. The van der Waals surface area contributed by atoms with Crippen molar-refractivity contribution in [3.8, 4) is 0 Å². The summed E-state index contributed by atoms with van der Waals surface area (Å²) in [5.41, 5.74) is 4.48. The van der Waals surface area contributed by atoms with E-state index in [9.17, 15) is 9.59 Å². The van der Waals surface area contributed by atoms with Crippen molar-refractivity contribution in [3.05, 3.63) is 11.1 Å². The second-order valence-electron chi connectivity index (χ2n) is 15.7. The van der Waals surface area contributed by atoms with Crippen molar-refractivity contribution < 1.29 is 14.3 Å². The molecule has 0 aromatic rings. The second-order valence-corrected chi connectivity index (χ2v) is 15.7. The van der Waals surface area contributed by atoms with E-state index < -0.39 is 0 Å². The van der Waals surface area contributed by atoms with Gasteiger partial charge in [0.15, 0.2) is 0 Å². The second kappa shape index (κ2) is 7.95. The summed E-state index contributed by atoms with van der Waals surface area (Å²) in [6.45, 7) is 20.7. The van der Waals surface area contributed by atoms with Gasteiger partial charge in [0.25, 0.3) is 0 Å². The van der Waals surface area contributed by atoms with Crippen LogP contribution in [0.4, 0.5) is 0 Å². The molecule has 3 fully saturated rings. The third-order valence-electron chi connectivity index (χ3n) is 13.8. The molecule has 0 N–H and O–H groups in total. The third-order valence-corrected chi connectivity index (χ3v) is 13.8. The molecule has 0 bridgehead atoms. The van der Waals surface area contributed by atoms with E-state index in [1.54, 1.807) is 18.1 Å². The minimum Gasteiger partial charge on any atom is -0.462 e. The molecule has 0 aromatic heterocycles. The predicted molar refractivity (Wildman–Crippen MR) is 145 cm³/mol. The quantitative estimate of drug-likeness (QED) is 0.284. The summed E-state index contributed by atoms with van der Waals surface area (Å²) >= 11 is 0. The van der Waals surface area contributed by atoms with E-state index in [1.807, 2.05) is 6.92 Å². The number of ether oxygens (including phenoxy) is 1. The Morgan fingerprint density at radius 2 is 1.42 bits per heavy atom. The highest BCUT2D eigenvalue weighted by Crippen LogP contribution is 2.75. The largest absolute Gasteiger partial charge is 0.462 e. The summed E-state index contributed by atoms with van der Waals surface area (Å²) in [6.07, 6.45) is 13.0. The maximum absolute atomic E-state index is 12.8. The van der Waals surface area contributed by atoms with Gasteiger partial charge in [0, 0.05) is 17.8 Å². The van der Waals surface area contributed by atoms with Gasteiger partial charge in [-0.15, -0.1) is 0 Å². The van der Waals surface area contributed by atoms with E-state index in [4.69, 9.17) is 4.74 Å². The molecule has 3 nitrogen and oxygen atoms in total. The van der Waals surface area contributed by atoms with Crippen LogP contribution in [-0.2, 0) is 14.3 Å². The van der Waals surface area contributed by atoms with Gasteiger partial charge in [-0.05, 0) is 111 Å². The molecular weight excluding hydrogens is 444 g/mol. The first-order valence-corrected chi connectivity index (χ1v) is 14.9. The SMILES string of the molecule is CC(=O)O[C@H]1CC[C@]2(C)C3=C(CC[C@H]2C1(C)C)[C@@]1(C)CC[C@@]2(C)CC[C@@](C)(C(C)=O)C[C@H]2[C@]1(C)CC3. The lowest BCUT2D eigenvalue weighted by Crippen LogP contribution is -2.61. The summed E-state index contributed by atoms with van der Waals surface area (Å²) in [5.74, 6) is 1.43. The first-order chi connectivity index (χ1) is 16.5. The minimum atomic E-state index is -0.150. The molecule has 5 rings (SSSR count). The van der Waals surface area contributed by atoms with Crippen LogP contribution in [0, 0.1) is 44.3 Å². The molecule has 0 heterocycles. The lowest BCUT2D eigenvalue weighted by atomic mass is 9.35. The molecule has 36 heavy (non-hydrogen) atoms. The summed E-state index contributed by atoms with van der Waals surface area (Å²) in [4.78, 5) is 24.7. The van der Waals surface area contributed by atoms with Gasteiger partial charge in [-0.1, -0.05) is 59.6 Å². The zero-order valence-corrected chi connectivity index (χ0v) is 24.7. The lowest BCUT2D eigenvalue weighted by molar-refractivity contribution is -0.172. The van der Waals surface area contributed by atoms with Gasteiger partial charge in [-0.25, -0.2) is 0 Å². The maximum Gasteiger partial charge on any atom is 0.302 e. The van der Waals surface area contributed by atoms with E-state index in [2.05, 4.69) is 48.5 Å². The van der Waals surface area contributed by atoms with Gasteiger partial charge >= 0.3 is 5.97 Å². The van der Waals surface area contributed by atoms with Crippen LogP contribution < -0.4 is 0 Å². The Hall–Kier alpha value is -1.12. The smallest absolute Gasteiger partial charge is 0.302 e. The Labute approximate surface area is 220 Å². The van der Waals surface area contributed by atoms with Gasteiger partial charge in [0.05, 0.1) is 0 Å². The van der Waals surface area contributed by atoms with Gasteiger partial charge in [-0.2, -0.15) is 0 Å². The molecule has 0 aromatic carbocycles. The van der Waals surface area contributed by atoms with Crippen LogP contribution in [0.5, 0.6) is 0 Å². The van der Waals surface area contributed by atoms with Crippen molar-refractivity contribution in [2.24, 2.45) is 44.3 Å². The normalized spacial score (nSPS) is 49.8. The average Bonchev–Trinajstić information content (AvgIpc) is 2.78. The van der Waals surface area contributed by atoms with E-state index in [-0.39, 0.29) is 39.1 Å².